The molecule has 4 radical (unpaired) electrons. The summed E-state index contributed by atoms with van der Waals surface area (Å²) in [6.07, 6.45) is 0. The lowest BCUT2D eigenvalue weighted by atomic mass is 9.66. The average molecular weight is 197 g/mol. The van der Waals surface area contributed by atoms with Crippen molar-refractivity contribution in [2.45, 2.75) is 5.40 Å². The van der Waals surface area contributed by atoms with E-state index in [0.717, 1.165) is 0 Å². The Kier molecular flexibility index (Phi) is 3.84. The molecule has 72 valence electrons. The summed E-state index contributed by atoms with van der Waals surface area (Å²) < 4.78 is 5.03. The molecule has 0 aliphatic carbocycles. The highest BCUT2D eigenvalue weighted by atomic mass is 16.6. The predicted octanol–water partition coefficient (Wildman–Crippen LogP) is -0.0722. The Morgan fingerprint density at radius 3 is 2.73 bits per heavy atom. The van der Waals surface area contributed by atoms with Crippen molar-refractivity contribution in [3.8, 4) is 17.6 Å². The molecule has 0 aliphatic heterocycles. The first-order valence-electron chi connectivity index (χ1n) is 4.20. The standard InChI is InChI=1S/C10H9B2NO2/c1-14-9-4-2-3-8(7-9)5-6-10(11,12)15-13/h2-4,7H,13H2,1H3. The van der Waals surface area contributed by atoms with Crippen molar-refractivity contribution in [3.05, 3.63) is 29.8 Å². The molecule has 1 aromatic rings. The van der Waals surface area contributed by atoms with E-state index in [4.69, 9.17) is 26.3 Å². The van der Waals surface area contributed by atoms with Gasteiger partial charge in [0, 0.05) is 5.56 Å². The van der Waals surface area contributed by atoms with Gasteiger partial charge < -0.3 is 9.57 Å². The van der Waals surface area contributed by atoms with Crippen molar-refractivity contribution >= 4 is 15.7 Å². The van der Waals surface area contributed by atoms with E-state index in [0.29, 0.717) is 11.3 Å². The van der Waals surface area contributed by atoms with Crippen molar-refractivity contribution in [1.29, 1.82) is 0 Å². The first-order valence-corrected chi connectivity index (χ1v) is 4.20. The summed E-state index contributed by atoms with van der Waals surface area (Å²) in [5.74, 6) is 10.8. The van der Waals surface area contributed by atoms with Crippen LogP contribution in [0.5, 0.6) is 5.75 Å². The average Bonchev–Trinajstić information content (AvgIpc) is 2.27. The van der Waals surface area contributed by atoms with E-state index >= 15 is 0 Å². The minimum Gasteiger partial charge on any atom is -0.497 e. The summed E-state index contributed by atoms with van der Waals surface area (Å²) in [6.45, 7) is 0. The van der Waals surface area contributed by atoms with Gasteiger partial charge in [-0.15, -0.1) is 0 Å². The first kappa shape index (κ1) is 11.7. The van der Waals surface area contributed by atoms with Gasteiger partial charge in [0.15, 0.2) is 0 Å². The Morgan fingerprint density at radius 1 is 1.40 bits per heavy atom. The fraction of sp³-hybridized carbons (Fsp3) is 0.200. The van der Waals surface area contributed by atoms with Gasteiger partial charge in [-0.05, 0) is 18.2 Å². The number of ether oxygens (including phenoxy) is 1. The lowest BCUT2D eigenvalue weighted by Crippen LogP contribution is -2.34. The molecule has 0 bridgehead atoms. The Labute approximate surface area is 91.7 Å². The smallest absolute Gasteiger partial charge is 0.120 e. The highest BCUT2D eigenvalue weighted by Gasteiger charge is 2.10. The summed E-state index contributed by atoms with van der Waals surface area (Å²) in [6, 6.07) is 7.16. The van der Waals surface area contributed by atoms with Crippen LogP contribution in [0, 0.1) is 11.8 Å². The lowest BCUT2D eigenvalue weighted by molar-refractivity contribution is 0.117. The summed E-state index contributed by atoms with van der Waals surface area (Å²) in [4.78, 5) is 4.27. The zero-order valence-corrected chi connectivity index (χ0v) is 8.36. The van der Waals surface area contributed by atoms with Gasteiger partial charge in [0.2, 0.25) is 0 Å². The summed E-state index contributed by atoms with van der Waals surface area (Å²) in [7, 11) is 12.3. The number of benzene rings is 1. The largest absolute Gasteiger partial charge is 0.497 e. The summed E-state index contributed by atoms with van der Waals surface area (Å²) >= 11 is 0. The minimum absolute atomic E-state index is 0.704. The normalized spacial score (nSPS) is 10.3. The zero-order valence-electron chi connectivity index (χ0n) is 8.36. The molecule has 15 heavy (non-hydrogen) atoms. The molecule has 0 aromatic heterocycles. The minimum atomic E-state index is -1.64. The van der Waals surface area contributed by atoms with Crippen LogP contribution in [0.25, 0.3) is 0 Å². The number of methoxy groups -OCH3 is 1. The number of hydrogen-bond acceptors (Lipinski definition) is 3. The second-order valence-corrected chi connectivity index (χ2v) is 2.89. The maximum absolute atomic E-state index is 5.36. The molecule has 1 aromatic carbocycles. The molecule has 3 nitrogen and oxygen atoms in total. The quantitative estimate of drug-likeness (QED) is 0.409. The van der Waals surface area contributed by atoms with E-state index in [1.54, 1.807) is 25.3 Å². The molecule has 0 aliphatic rings. The molecular weight excluding hydrogens is 188 g/mol. The van der Waals surface area contributed by atoms with Crippen LogP contribution in [0.2, 0.25) is 0 Å². The van der Waals surface area contributed by atoms with Crippen molar-refractivity contribution in [3.63, 3.8) is 0 Å². The van der Waals surface area contributed by atoms with Gasteiger partial charge in [-0.1, -0.05) is 17.9 Å². The summed E-state index contributed by atoms with van der Waals surface area (Å²) in [5, 5.41) is -1.64. The SMILES string of the molecule is [B]C([B])(C#Cc1cccc(OC)c1)ON. The molecule has 0 heterocycles. The van der Waals surface area contributed by atoms with E-state index in [1.807, 2.05) is 6.07 Å². The van der Waals surface area contributed by atoms with Gasteiger partial charge in [-0.25, -0.2) is 5.90 Å². The van der Waals surface area contributed by atoms with Gasteiger partial charge in [0.1, 0.15) is 21.4 Å². The van der Waals surface area contributed by atoms with E-state index in [9.17, 15) is 0 Å². The molecule has 0 saturated carbocycles. The molecule has 2 N–H and O–H groups in total. The molecule has 1 rings (SSSR count). The van der Waals surface area contributed by atoms with Crippen LogP contribution in [0.4, 0.5) is 0 Å². The second kappa shape index (κ2) is 4.92. The van der Waals surface area contributed by atoms with Crippen molar-refractivity contribution < 1.29 is 9.57 Å². The highest BCUT2D eigenvalue weighted by Crippen LogP contribution is 2.11. The molecule has 0 unspecified atom stereocenters. The van der Waals surface area contributed by atoms with E-state index in [2.05, 4.69) is 16.7 Å². The molecule has 0 fully saturated rings. The molecular formula is C10H9B2NO2. The second-order valence-electron chi connectivity index (χ2n) is 2.89. The maximum atomic E-state index is 5.36. The topological polar surface area (TPSA) is 44.5 Å². The molecule has 0 spiro atoms. The van der Waals surface area contributed by atoms with Crippen LogP contribution in [-0.2, 0) is 4.84 Å². The van der Waals surface area contributed by atoms with Crippen LogP contribution in [0.3, 0.4) is 0 Å². The van der Waals surface area contributed by atoms with Gasteiger partial charge in [0.25, 0.3) is 0 Å². The Morgan fingerprint density at radius 2 is 2.13 bits per heavy atom. The monoisotopic (exact) mass is 197 g/mol. The fourth-order valence-corrected chi connectivity index (χ4v) is 0.900. The van der Waals surface area contributed by atoms with Gasteiger partial charge in [0.05, 0.1) is 12.5 Å². The van der Waals surface area contributed by atoms with Crippen molar-refractivity contribution in [1.82, 2.24) is 0 Å². The summed E-state index contributed by atoms with van der Waals surface area (Å²) in [5.41, 5.74) is 0.715. The van der Waals surface area contributed by atoms with Gasteiger partial charge >= 0.3 is 0 Å². The van der Waals surface area contributed by atoms with Gasteiger partial charge in [-0.2, -0.15) is 0 Å². The lowest BCUT2D eigenvalue weighted by Gasteiger charge is -2.14. The number of rotatable bonds is 2. The van der Waals surface area contributed by atoms with Crippen LogP contribution in [-0.4, -0.2) is 28.2 Å². The Balaban J connectivity index is 2.89. The van der Waals surface area contributed by atoms with E-state index in [-0.39, 0.29) is 0 Å². The maximum Gasteiger partial charge on any atom is 0.120 e. The Bertz CT molecular complexity index is 396. The fourth-order valence-electron chi connectivity index (χ4n) is 0.900. The predicted molar refractivity (Wildman–Crippen MR) is 59.4 cm³/mol. The van der Waals surface area contributed by atoms with Crippen molar-refractivity contribution in [2.24, 2.45) is 5.90 Å². The molecule has 0 atom stereocenters. The van der Waals surface area contributed by atoms with Crippen LogP contribution < -0.4 is 10.6 Å². The third-order valence-corrected chi connectivity index (χ3v) is 1.67. The van der Waals surface area contributed by atoms with E-state index < -0.39 is 5.40 Å². The van der Waals surface area contributed by atoms with Crippen LogP contribution in [0.1, 0.15) is 5.56 Å². The Hall–Kier alpha value is -1.37. The first-order chi connectivity index (χ1) is 7.07. The van der Waals surface area contributed by atoms with Crippen molar-refractivity contribution in [2.75, 3.05) is 7.11 Å². The highest BCUT2D eigenvalue weighted by molar-refractivity contribution is 6.41. The number of hydrogen-bond donors (Lipinski definition) is 1. The third-order valence-electron chi connectivity index (χ3n) is 1.67. The molecule has 0 amide bonds. The zero-order chi connectivity index (χ0) is 11.3. The molecule has 0 saturated heterocycles. The van der Waals surface area contributed by atoms with Crippen LogP contribution >= 0.6 is 0 Å². The third kappa shape index (κ3) is 3.70. The van der Waals surface area contributed by atoms with Crippen LogP contribution in [0.15, 0.2) is 24.3 Å². The van der Waals surface area contributed by atoms with E-state index in [1.165, 1.54) is 0 Å². The number of nitrogens with two attached hydrogens (primary N) is 1. The van der Waals surface area contributed by atoms with Gasteiger partial charge in [-0.3, -0.25) is 0 Å². The molecule has 5 heteroatoms.